The van der Waals surface area contributed by atoms with E-state index in [0.717, 1.165) is 33.9 Å². The lowest BCUT2D eigenvalue weighted by molar-refractivity contribution is 0.0516. The lowest BCUT2D eigenvalue weighted by Gasteiger charge is -2.11. The van der Waals surface area contributed by atoms with Crippen LogP contribution in [0.3, 0.4) is 0 Å². The number of fused-ring (bicyclic) bond motifs is 3. The Hall–Kier alpha value is -4.71. The lowest BCUT2D eigenvalue weighted by atomic mass is 9.97. The molecular weight excluding hydrogens is 476 g/mol. The number of aromatic nitrogens is 1. The number of carbonyl (C=O) groups is 2. The number of carbonyl (C=O) groups excluding carboxylic acids is 2. The van der Waals surface area contributed by atoms with Crippen molar-refractivity contribution in [1.82, 2.24) is 4.57 Å². The van der Waals surface area contributed by atoms with Crippen molar-refractivity contribution in [3.8, 4) is 5.75 Å². The number of benzene rings is 4. The Kier molecular flexibility index (Phi) is 6.79. The third-order valence-electron chi connectivity index (χ3n) is 6.82. The SMILES string of the molecule is CCn1c2ccc(C(=O)c3ccccc3C)cc2c2c(OC)c(/C(C)=N/OC(=O)c3ccccc3)ccc21. The average molecular weight is 505 g/mol. The molecular formula is C32H28N2O4. The molecule has 0 aliphatic heterocycles. The number of aryl methyl sites for hydroxylation is 2. The minimum Gasteiger partial charge on any atom is -0.495 e. The molecule has 0 atom stereocenters. The Balaban J connectivity index is 1.63. The van der Waals surface area contributed by atoms with Crippen LogP contribution in [0.5, 0.6) is 5.75 Å². The fourth-order valence-electron chi connectivity index (χ4n) is 4.91. The lowest BCUT2D eigenvalue weighted by Crippen LogP contribution is -2.05. The zero-order valence-corrected chi connectivity index (χ0v) is 21.8. The van der Waals surface area contributed by atoms with Crippen molar-refractivity contribution in [1.29, 1.82) is 0 Å². The Morgan fingerprint density at radius 2 is 1.55 bits per heavy atom. The topological polar surface area (TPSA) is 69.9 Å². The fraction of sp³-hybridized carbons (Fsp3) is 0.156. The van der Waals surface area contributed by atoms with Crippen LogP contribution in [0.2, 0.25) is 0 Å². The van der Waals surface area contributed by atoms with Gasteiger partial charge in [-0.1, -0.05) is 47.6 Å². The van der Waals surface area contributed by atoms with Gasteiger partial charge in [-0.25, -0.2) is 4.79 Å². The van der Waals surface area contributed by atoms with Crippen molar-refractivity contribution < 1.29 is 19.2 Å². The van der Waals surface area contributed by atoms with Crippen LogP contribution in [0.4, 0.5) is 0 Å². The molecule has 0 unspecified atom stereocenters. The average Bonchev–Trinajstić information content (AvgIpc) is 3.28. The molecule has 5 aromatic rings. The second kappa shape index (κ2) is 10.3. The first-order valence-corrected chi connectivity index (χ1v) is 12.5. The summed E-state index contributed by atoms with van der Waals surface area (Å²) < 4.78 is 8.12. The van der Waals surface area contributed by atoms with E-state index >= 15 is 0 Å². The van der Waals surface area contributed by atoms with Crippen molar-refractivity contribution >= 4 is 39.3 Å². The van der Waals surface area contributed by atoms with Crippen LogP contribution >= 0.6 is 0 Å². The van der Waals surface area contributed by atoms with Gasteiger partial charge in [0, 0.05) is 34.1 Å². The summed E-state index contributed by atoms with van der Waals surface area (Å²) in [6, 6.07) is 26.1. The summed E-state index contributed by atoms with van der Waals surface area (Å²) in [5, 5.41) is 5.91. The summed E-state index contributed by atoms with van der Waals surface area (Å²) in [5.74, 6) is 0.0484. The van der Waals surface area contributed by atoms with E-state index in [4.69, 9.17) is 9.57 Å². The van der Waals surface area contributed by atoms with Gasteiger partial charge in [-0.05, 0) is 68.8 Å². The molecule has 38 heavy (non-hydrogen) atoms. The van der Waals surface area contributed by atoms with Crippen LogP contribution in [-0.4, -0.2) is 29.1 Å². The van der Waals surface area contributed by atoms with E-state index in [9.17, 15) is 9.59 Å². The predicted molar refractivity (Wildman–Crippen MR) is 150 cm³/mol. The standard InChI is InChI=1S/C32H28N2O4/c1-5-34-27-17-15-23(30(35)24-14-10-9-11-20(24)2)19-26(27)29-28(34)18-16-25(31(29)37-4)21(3)33-38-32(36)22-12-7-6-8-13-22/h6-19H,5H2,1-4H3/b33-21+. The van der Waals surface area contributed by atoms with E-state index in [2.05, 4.69) is 16.6 Å². The Labute approximate surface area is 221 Å². The highest BCUT2D eigenvalue weighted by Gasteiger charge is 2.21. The molecule has 0 N–H and O–H groups in total. The molecule has 1 aromatic heterocycles. The van der Waals surface area contributed by atoms with Gasteiger partial charge in [-0.15, -0.1) is 0 Å². The molecule has 0 radical (unpaired) electrons. The van der Waals surface area contributed by atoms with Crippen molar-refractivity contribution in [2.24, 2.45) is 5.16 Å². The summed E-state index contributed by atoms with van der Waals surface area (Å²) in [4.78, 5) is 31.0. The van der Waals surface area contributed by atoms with Crippen molar-refractivity contribution in [3.63, 3.8) is 0 Å². The molecule has 4 aromatic carbocycles. The fourth-order valence-corrected chi connectivity index (χ4v) is 4.91. The summed E-state index contributed by atoms with van der Waals surface area (Å²) >= 11 is 0. The highest BCUT2D eigenvalue weighted by atomic mass is 16.7. The first kappa shape index (κ1) is 25.0. The smallest absolute Gasteiger partial charge is 0.365 e. The number of methoxy groups -OCH3 is 1. The van der Waals surface area contributed by atoms with Crippen LogP contribution < -0.4 is 4.74 Å². The second-order valence-corrected chi connectivity index (χ2v) is 9.08. The van der Waals surface area contributed by atoms with Crippen molar-refractivity contribution in [2.45, 2.75) is 27.3 Å². The van der Waals surface area contributed by atoms with Gasteiger partial charge in [-0.3, -0.25) is 4.79 Å². The maximum atomic E-state index is 13.4. The number of oxime groups is 1. The minimum absolute atomic E-state index is 0.0249. The summed E-state index contributed by atoms with van der Waals surface area (Å²) in [5.41, 5.74) is 5.83. The van der Waals surface area contributed by atoms with Gasteiger partial charge in [-0.2, -0.15) is 0 Å². The van der Waals surface area contributed by atoms with Crippen LogP contribution in [0, 0.1) is 6.92 Å². The van der Waals surface area contributed by atoms with Crippen molar-refractivity contribution in [3.05, 3.63) is 113 Å². The number of nitrogens with zero attached hydrogens (tertiary/aromatic N) is 2. The molecule has 0 saturated heterocycles. The molecule has 0 bridgehead atoms. The van der Waals surface area contributed by atoms with Crippen molar-refractivity contribution in [2.75, 3.05) is 7.11 Å². The summed E-state index contributed by atoms with van der Waals surface area (Å²) in [6.07, 6.45) is 0. The molecule has 6 nitrogen and oxygen atoms in total. The zero-order valence-electron chi connectivity index (χ0n) is 21.8. The molecule has 5 rings (SSSR count). The van der Waals surface area contributed by atoms with E-state index in [-0.39, 0.29) is 5.78 Å². The Morgan fingerprint density at radius 3 is 2.26 bits per heavy atom. The van der Waals surface area contributed by atoms with E-state index in [0.29, 0.717) is 33.7 Å². The Bertz CT molecular complexity index is 1710. The number of ether oxygens (including phenoxy) is 1. The molecule has 0 saturated carbocycles. The molecule has 0 aliphatic rings. The molecule has 0 aliphatic carbocycles. The summed E-state index contributed by atoms with van der Waals surface area (Å²) in [7, 11) is 1.61. The quantitative estimate of drug-likeness (QED) is 0.104. The van der Waals surface area contributed by atoms with Gasteiger partial charge >= 0.3 is 5.97 Å². The van der Waals surface area contributed by atoms with E-state index < -0.39 is 5.97 Å². The first-order chi connectivity index (χ1) is 18.4. The van der Waals surface area contributed by atoms with E-state index in [1.165, 1.54) is 0 Å². The number of hydrogen-bond donors (Lipinski definition) is 0. The van der Waals surface area contributed by atoms with E-state index in [1.54, 1.807) is 38.3 Å². The Morgan fingerprint density at radius 1 is 0.842 bits per heavy atom. The maximum Gasteiger partial charge on any atom is 0.365 e. The second-order valence-electron chi connectivity index (χ2n) is 9.08. The molecule has 6 heteroatoms. The predicted octanol–water partition coefficient (Wildman–Crippen LogP) is 6.94. The number of rotatable bonds is 7. The number of ketones is 1. The monoisotopic (exact) mass is 504 g/mol. The van der Waals surface area contributed by atoms with Crippen LogP contribution in [0.25, 0.3) is 21.8 Å². The summed E-state index contributed by atoms with van der Waals surface area (Å²) in [6.45, 7) is 6.54. The molecule has 0 fully saturated rings. The third-order valence-corrected chi connectivity index (χ3v) is 6.82. The normalized spacial score (nSPS) is 11.6. The van der Waals surface area contributed by atoms with Crippen LogP contribution in [-0.2, 0) is 11.4 Å². The largest absolute Gasteiger partial charge is 0.495 e. The first-order valence-electron chi connectivity index (χ1n) is 12.5. The zero-order chi connectivity index (χ0) is 26.8. The van der Waals surface area contributed by atoms with Gasteiger partial charge < -0.3 is 14.1 Å². The van der Waals surface area contributed by atoms with Gasteiger partial charge in [0.05, 0.1) is 29.3 Å². The van der Waals surface area contributed by atoms with Gasteiger partial charge in [0.25, 0.3) is 0 Å². The molecule has 0 amide bonds. The molecule has 0 spiro atoms. The highest BCUT2D eigenvalue weighted by Crippen LogP contribution is 2.39. The van der Waals surface area contributed by atoms with Gasteiger partial charge in [0.2, 0.25) is 0 Å². The molecule has 1 heterocycles. The molecule has 190 valence electrons. The van der Waals surface area contributed by atoms with Crippen LogP contribution in [0.15, 0.2) is 90.1 Å². The van der Waals surface area contributed by atoms with Gasteiger partial charge in [0.1, 0.15) is 5.75 Å². The number of hydrogen-bond acceptors (Lipinski definition) is 5. The minimum atomic E-state index is -0.535. The third kappa shape index (κ3) is 4.34. The maximum absolute atomic E-state index is 13.4. The van der Waals surface area contributed by atoms with Gasteiger partial charge in [0.15, 0.2) is 5.78 Å². The highest BCUT2D eigenvalue weighted by molar-refractivity contribution is 6.18. The van der Waals surface area contributed by atoms with E-state index in [1.807, 2.05) is 67.6 Å². The van der Waals surface area contributed by atoms with Crippen LogP contribution in [0.1, 0.15) is 51.3 Å².